The Kier molecular flexibility index (Phi) is 3.94. The zero-order chi connectivity index (χ0) is 11.4. The van der Waals surface area contributed by atoms with E-state index in [0.29, 0.717) is 5.92 Å². The molecule has 0 amide bonds. The van der Waals surface area contributed by atoms with Gasteiger partial charge in [-0.05, 0) is 31.1 Å². The summed E-state index contributed by atoms with van der Waals surface area (Å²) in [6, 6.07) is 0.271. The molecule has 5 nitrogen and oxygen atoms in total. The number of nitrogens with zero attached hydrogens (tertiary/aromatic N) is 1. The minimum Gasteiger partial charge on any atom is -0.370 e. The first-order chi connectivity index (χ1) is 6.99. The normalized spacial score (nSPS) is 32.4. The molecule has 0 bridgehead atoms. The van der Waals surface area contributed by atoms with Gasteiger partial charge in [-0.3, -0.25) is 10.7 Å². The van der Waals surface area contributed by atoms with Gasteiger partial charge in [0, 0.05) is 0 Å². The molecule has 15 heavy (non-hydrogen) atoms. The fourth-order valence-corrected chi connectivity index (χ4v) is 2.19. The van der Waals surface area contributed by atoms with E-state index in [4.69, 9.17) is 16.9 Å². The summed E-state index contributed by atoms with van der Waals surface area (Å²) < 4.78 is 0. The predicted octanol–water partition coefficient (Wildman–Crippen LogP) is 0.609. The highest BCUT2D eigenvalue weighted by Gasteiger charge is 2.24. The van der Waals surface area contributed by atoms with Gasteiger partial charge < -0.3 is 11.5 Å². The number of aliphatic imine (C=N–C) groups is 1. The number of guanidine groups is 2. The summed E-state index contributed by atoms with van der Waals surface area (Å²) in [5, 5.41) is 9.54. The molecule has 1 aliphatic rings. The van der Waals surface area contributed by atoms with Crippen LogP contribution in [0.1, 0.15) is 33.1 Å². The van der Waals surface area contributed by atoms with Crippen LogP contribution in [0.2, 0.25) is 0 Å². The lowest BCUT2D eigenvalue weighted by atomic mass is 9.80. The second kappa shape index (κ2) is 5.00. The van der Waals surface area contributed by atoms with Crippen LogP contribution in [0.4, 0.5) is 0 Å². The summed E-state index contributed by atoms with van der Waals surface area (Å²) in [4.78, 5) is 4.35. The van der Waals surface area contributed by atoms with Crippen LogP contribution in [0.15, 0.2) is 4.99 Å². The van der Waals surface area contributed by atoms with E-state index in [1.165, 1.54) is 12.8 Å². The van der Waals surface area contributed by atoms with Crippen molar-refractivity contribution in [2.75, 3.05) is 0 Å². The Morgan fingerprint density at radius 3 is 2.53 bits per heavy atom. The molecule has 0 spiro atoms. The van der Waals surface area contributed by atoms with E-state index in [9.17, 15) is 0 Å². The molecule has 6 N–H and O–H groups in total. The van der Waals surface area contributed by atoms with Crippen molar-refractivity contribution in [1.29, 1.82) is 5.41 Å². The average Bonchev–Trinajstić information content (AvgIpc) is 2.08. The summed E-state index contributed by atoms with van der Waals surface area (Å²) in [6.45, 7) is 4.47. The summed E-state index contributed by atoms with van der Waals surface area (Å²) in [5.74, 6) is 1.44. The highest BCUT2D eigenvalue weighted by molar-refractivity contribution is 5.95. The molecule has 0 saturated heterocycles. The van der Waals surface area contributed by atoms with Gasteiger partial charge in [0.05, 0.1) is 6.04 Å². The maximum atomic E-state index is 7.03. The Morgan fingerprint density at radius 2 is 2.00 bits per heavy atom. The van der Waals surface area contributed by atoms with Gasteiger partial charge in [-0.1, -0.05) is 13.8 Å². The van der Waals surface area contributed by atoms with Crippen molar-refractivity contribution in [1.82, 2.24) is 5.32 Å². The van der Waals surface area contributed by atoms with Crippen molar-refractivity contribution in [3.05, 3.63) is 0 Å². The van der Waals surface area contributed by atoms with Gasteiger partial charge >= 0.3 is 0 Å². The van der Waals surface area contributed by atoms with Crippen molar-refractivity contribution in [2.45, 2.75) is 39.2 Å². The van der Waals surface area contributed by atoms with Gasteiger partial charge in [-0.15, -0.1) is 0 Å². The van der Waals surface area contributed by atoms with Gasteiger partial charge in [-0.25, -0.2) is 4.99 Å². The largest absolute Gasteiger partial charge is 0.370 e. The van der Waals surface area contributed by atoms with Crippen LogP contribution < -0.4 is 16.8 Å². The van der Waals surface area contributed by atoms with E-state index in [1.807, 2.05) is 0 Å². The Morgan fingerprint density at radius 1 is 1.33 bits per heavy atom. The number of nitrogens with one attached hydrogen (secondary N) is 2. The molecular formula is C10H21N5. The Bertz CT molecular complexity index is 261. The summed E-state index contributed by atoms with van der Waals surface area (Å²) in [6.07, 6.45) is 3.47. The van der Waals surface area contributed by atoms with Crippen LogP contribution in [0.25, 0.3) is 0 Å². The maximum Gasteiger partial charge on any atom is 0.195 e. The summed E-state index contributed by atoms with van der Waals surface area (Å²) in [5.41, 5.74) is 10.8. The molecule has 3 unspecified atom stereocenters. The SMILES string of the molecule is CC1CCC(N=C(N)NC(=N)N)C(C)C1. The first-order valence-corrected chi connectivity index (χ1v) is 5.43. The third-order valence-corrected chi connectivity index (χ3v) is 2.95. The topological polar surface area (TPSA) is 100 Å². The van der Waals surface area contributed by atoms with E-state index in [-0.39, 0.29) is 18.0 Å². The van der Waals surface area contributed by atoms with Crippen molar-refractivity contribution < 1.29 is 0 Å². The van der Waals surface area contributed by atoms with Gasteiger partial charge in [0.15, 0.2) is 11.9 Å². The second-order valence-electron chi connectivity index (χ2n) is 4.52. The molecule has 0 aliphatic heterocycles. The number of nitrogens with two attached hydrogens (primary N) is 2. The van der Waals surface area contributed by atoms with E-state index in [1.54, 1.807) is 0 Å². The van der Waals surface area contributed by atoms with Crippen LogP contribution in [0.5, 0.6) is 0 Å². The third kappa shape index (κ3) is 3.77. The lowest BCUT2D eigenvalue weighted by molar-refractivity contribution is 0.264. The zero-order valence-electron chi connectivity index (χ0n) is 9.46. The smallest absolute Gasteiger partial charge is 0.195 e. The van der Waals surface area contributed by atoms with Crippen LogP contribution in [0, 0.1) is 17.2 Å². The Hall–Kier alpha value is -1.26. The first kappa shape index (κ1) is 11.8. The maximum absolute atomic E-state index is 7.03. The average molecular weight is 211 g/mol. The van der Waals surface area contributed by atoms with Crippen LogP contribution >= 0.6 is 0 Å². The van der Waals surface area contributed by atoms with Gasteiger partial charge in [0.2, 0.25) is 0 Å². The van der Waals surface area contributed by atoms with Gasteiger partial charge in [0.1, 0.15) is 0 Å². The molecule has 86 valence electrons. The first-order valence-electron chi connectivity index (χ1n) is 5.43. The van der Waals surface area contributed by atoms with E-state index in [2.05, 4.69) is 24.2 Å². The minimum atomic E-state index is -0.159. The van der Waals surface area contributed by atoms with Crippen molar-refractivity contribution in [3.8, 4) is 0 Å². The number of hydrogen-bond acceptors (Lipinski definition) is 2. The van der Waals surface area contributed by atoms with Crippen molar-refractivity contribution in [2.24, 2.45) is 28.3 Å². The highest BCUT2D eigenvalue weighted by Crippen LogP contribution is 2.30. The lowest BCUT2D eigenvalue weighted by Crippen LogP contribution is -2.42. The van der Waals surface area contributed by atoms with E-state index < -0.39 is 0 Å². The fraction of sp³-hybridized carbons (Fsp3) is 0.800. The Balaban J connectivity index is 2.53. The van der Waals surface area contributed by atoms with Gasteiger partial charge in [-0.2, -0.15) is 0 Å². The number of hydrogen-bond donors (Lipinski definition) is 4. The third-order valence-electron chi connectivity index (χ3n) is 2.95. The molecule has 0 aromatic rings. The molecule has 1 fully saturated rings. The fourth-order valence-electron chi connectivity index (χ4n) is 2.19. The standard InChI is InChI=1S/C10H21N5/c1-6-3-4-8(7(2)5-6)14-10(13)15-9(11)12/h6-8H,3-5H2,1-2H3,(H6,11,12,13,14,15). The monoisotopic (exact) mass is 211 g/mol. The molecule has 1 saturated carbocycles. The molecule has 0 radical (unpaired) electrons. The van der Waals surface area contributed by atoms with Crippen molar-refractivity contribution >= 4 is 11.9 Å². The molecular weight excluding hydrogens is 190 g/mol. The quantitative estimate of drug-likeness (QED) is 0.377. The van der Waals surface area contributed by atoms with Crippen LogP contribution in [-0.4, -0.2) is 18.0 Å². The van der Waals surface area contributed by atoms with E-state index in [0.717, 1.165) is 12.3 Å². The van der Waals surface area contributed by atoms with E-state index >= 15 is 0 Å². The summed E-state index contributed by atoms with van der Waals surface area (Å²) in [7, 11) is 0. The molecule has 5 heteroatoms. The molecule has 3 atom stereocenters. The van der Waals surface area contributed by atoms with Gasteiger partial charge in [0.25, 0.3) is 0 Å². The molecule has 1 rings (SSSR count). The van der Waals surface area contributed by atoms with Crippen molar-refractivity contribution in [3.63, 3.8) is 0 Å². The molecule has 0 heterocycles. The van der Waals surface area contributed by atoms with Crippen LogP contribution in [-0.2, 0) is 0 Å². The molecule has 1 aliphatic carbocycles. The lowest BCUT2D eigenvalue weighted by Gasteiger charge is -2.30. The highest BCUT2D eigenvalue weighted by atomic mass is 15.2. The zero-order valence-corrected chi connectivity index (χ0v) is 9.46. The minimum absolute atomic E-state index is 0.159. The second-order valence-corrected chi connectivity index (χ2v) is 4.52. The Labute approximate surface area is 90.8 Å². The molecule has 0 aromatic heterocycles. The predicted molar refractivity (Wildman–Crippen MR) is 62.6 cm³/mol. The number of rotatable bonds is 1. The summed E-state index contributed by atoms with van der Waals surface area (Å²) >= 11 is 0. The molecule has 0 aromatic carbocycles. The van der Waals surface area contributed by atoms with Crippen LogP contribution in [0.3, 0.4) is 0 Å².